The maximum Gasteiger partial charge on any atom is 0.407 e. The molecule has 3 saturated carbocycles. The van der Waals surface area contributed by atoms with Crippen molar-refractivity contribution in [2.75, 3.05) is 26.7 Å². The third-order valence-corrected chi connectivity index (χ3v) is 19.2. The van der Waals surface area contributed by atoms with Crippen molar-refractivity contribution in [2.24, 2.45) is 52.3 Å². The average Bonchev–Trinajstić information content (AvgIpc) is 3.99. The Labute approximate surface area is 441 Å². The van der Waals surface area contributed by atoms with Crippen molar-refractivity contribution in [3.63, 3.8) is 0 Å². The highest BCUT2D eigenvalue weighted by Crippen LogP contribution is 2.67. The highest BCUT2D eigenvalue weighted by atomic mass is 16.6. The number of carboxylic acids is 1. The minimum atomic E-state index is -1.21. The van der Waals surface area contributed by atoms with E-state index in [9.17, 15) is 29.4 Å². The van der Waals surface area contributed by atoms with E-state index in [1.54, 1.807) is 12.0 Å². The molecule has 3 aromatic rings. The van der Waals surface area contributed by atoms with Crippen molar-refractivity contribution in [2.45, 2.75) is 167 Å². The molecule has 4 aliphatic carbocycles. The van der Waals surface area contributed by atoms with Gasteiger partial charge >= 0.3 is 18.0 Å². The minimum absolute atomic E-state index is 0.0615. The summed E-state index contributed by atoms with van der Waals surface area (Å²) in [6, 6.07) is 27.0. The van der Waals surface area contributed by atoms with Gasteiger partial charge in [-0.05, 0) is 133 Å². The molecule has 2 amide bonds. The zero-order valence-electron chi connectivity index (χ0n) is 45.3. The molecule has 4 fully saturated rings. The zero-order valence-corrected chi connectivity index (χ0v) is 45.3. The molecule has 74 heavy (non-hydrogen) atoms. The first-order chi connectivity index (χ1) is 35.6. The van der Waals surface area contributed by atoms with E-state index in [0.29, 0.717) is 42.9 Å². The maximum atomic E-state index is 14.0. The standard InChI is InChI=1S/C63H86N2O9/c1-42(2)17-16-18-43(3)52-30-31-53-50-29-26-47-39-49(34-36-61(47,4)54(50)35-37-62(52,53)5)73-60(71)64-38-15-9-14-23-56(66)65-40-51(55(41-65)74-58(69)33-32-57(67)68)59(70)63(44-19-10-7-11-20-44,45-21-12-8-13-22-45)46-24-27-48(72-6)28-25-46/h7-8,10-13,19-22,24-28,42-43,49-55,59,70H,9,14-18,23,29-41H2,1-6H3,(H,64,71)(H,67,68)/t43?,49?,50?,51?,52-,53?,54?,55?,59?,61+,62-/m1/s1. The smallest absolute Gasteiger partial charge is 0.407 e. The predicted octanol–water partition coefficient (Wildman–Crippen LogP) is 12.3. The summed E-state index contributed by atoms with van der Waals surface area (Å²) in [6.07, 6.45) is 14.9. The van der Waals surface area contributed by atoms with Crippen molar-refractivity contribution in [3.8, 4) is 5.75 Å². The molecule has 5 aliphatic rings. The molecule has 402 valence electrons. The summed E-state index contributed by atoms with van der Waals surface area (Å²) >= 11 is 0. The van der Waals surface area contributed by atoms with Gasteiger partial charge in [-0.25, -0.2) is 4.79 Å². The third-order valence-electron chi connectivity index (χ3n) is 19.2. The molecule has 8 unspecified atom stereocenters. The second-order valence-electron chi connectivity index (χ2n) is 23.9. The number of ether oxygens (including phenoxy) is 3. The van der Waals surface area contributed by atoms with Crippen LogP contribution in [-0.4, -0.2) is 84.1 Å². The van der Waals surface area contributed by atoms with Gasteiger partial charge in [0.05, 0.1) is 38.0 Å². The first kappa shape index (κ1) is 55.1. The van der Waals surface area contributed by atoms with E-state index in [1.165, 1.54) is 56.9 Å². The van der Waals surface area contributed by atoms with Crippen LogP contribution in [0.3, 0.4) is 0 Å². The van der Waals surface area contributed by atoms with Gasteiger partial charge in [-0.3, -0.25) is 14.4 Å². The van der Waals surface area contributed by atoms with Crippen LogP contribution < -0.4 is 10.1 Å². The summed E-state index contributed by atoms with van der Waals surface area (Å²) in [5.74, 6) is 2.71. The van der Waals surface area contributed by atoms with Gasteiger partial charge in [-0.2, -0.15) is 0 Å². The van der Waals surface area contributed by atoms with E-state index in [2.05, 4.69) is 46.0 Å². The molecule has 11 atom stereocenters. The third kappa shape index (κ3) is 11.8. The molecule has 0 aromatic heterocycles. The van der Waals surface area contributed by atoms with E-state index in [0.717, 1.165) is 65.5 Å². The van der Waals surface area contributed by atoms with Crippen molar-refractivity contribution in [1.29, 1.82) is 0 Å². The number of carboxylic acid groups (broad SMARTS) is 1. The summed E-state index contributed by atoms with van der Waals surface area (Å²) in [6.45, 7) is 13.1. The number of benzene rings is 3. The number of esters is 1. The fraction of sp³-hybridized carbons (Fsp3) is 0.619. The molecule has 1 aliphatic heterocycles. The predicted molar refractivity (Wildman–Crippen MR) is 288 cm³/mol. The Balaban J connectivity index is 0.843. The number of aliphatic hydroxyl groups is 1. The van der Waals surface area contributed by atoms with Crippen LogP contribution in [0.5, 0.6) is 5.75 Å². The van der Waals surface area contributed by atoms with Gasteiger partial charge in [0, 0.05) is 31.8 Å². The van der Waals surface area contributed by atoms with Gasteiger partial charge in [-0.1, -0.05) is 145 Å². The highest BCUT2D eigenvalue weighted by Gasteiger charge is 2.59. The zero-order chi connectivity index (χ0) is 52.6. The van der Waals surface area contributed by atoms with Gasteiger partial charge < -0.3 is 34.6 Å². The number of methoxy groups -OCH3 is 1. The quantitative estimate of drug-likeness (QED) is 0.0387. The number of alkyl carbamates (subject to hydrolysis) is 1. The average molecular weight is 1020 g/mol. The summed E-state index contributed by atoms with van der Waals surface area (Å²) in [7, 11) is 1.60. The Morgan fingerprint density at radius 1 is 0.757 bits per heavy atom. The van der Waals surface area contributed by atoms with Crippen LogP contribution in [-0.2, 0) is 29.3 Å². The molecule has 11 nitrogen and oxygen atoms in total. The van der Waals surface area contributed by atoms with E-state index < -0.39 is 41.9 Å². The SMILES string of the molecule is COc1ccc(C(c2ccccc2)(c2ccccc2)C(O)C2CN(C(=O)CCCCCNC(=O)OC3CC[C@@]4(C)C(=CCC5C4CC[C@@]4(C)C5CC[C@@H]4C(C)CCCC(C)C)C3)CC2OC(=O)CCC(=O)O)cc1. The van der Waals surface area contributed by atoms with Crippen LogP contribution in [0.25, 0.3) is 0 Å². The lowest BCUT2D eigenvalue weighted by atomic mass is 9.47. The number of allylic oxidation sites excluding steroid dienone is 1. The van der Waals surface area contributed by atoms with Crippen molar-refractivity contribution >= 4 is 23.9 Å². The molecule has 1 heterocycles. The monoisotopic (exact) mass is 1010 g/mol. The largest absolute Gasteiger partial charge is 0.497 e. The van der Waals surface area contributed by atoms with Crippen LogP contribution >= 0.6 is 0 Å². The van der Waals surface area contributed by atoms with Crippen LogP contribution in [0.15, 0.2) is 96.6 Å². The normalized spacial score (nSPS) is 28.2. The summed E-state index contributed by atoms with van der Waals surface area (Å²) in [4.78, 5) is 53.5. The first-order valence-electron chi connectivity index (χ1n) is 28.3. The summed E-state index contributed by atoms with van der Waals surface area (Å²) in [5, 5.41) is 25.4. The second-order valence-corrected chi connectivity index (χ2v) is 23.9. The van der Waals surface area contributed by atoms with Crippen LogP contribution in [0, 0.1) is 52.3 Å². The summed E-state index contributed by atoms with van der Waals surface area (Å²) in [5.41, 5.74) is 3.39. The number of rotatable bonds is 22. The van der Waals surface area contributed by atoms with E-state index in [4.69, 9.17) is 14.2 Å². The molecular formula is C63H86N2O9. The molecule has 0 bridgehead atoms. The number of nitrogens with zero attached hydrogens (tertiary/aromatic N) is 1. The van der Waals surface area contributed by atoms with Gasteiger partial charge in [0.25, 0.3) is 0 Å². The summed E-state index contributed by atoms with van der Waals surface area (Å²) < 4.78 is 17.6. The number of amides is 2. The Kier molecular flexibility index (Phi) is 18.0. The van der Waals surface area contributed by atoms with Gasteiger partial charge in [0.1, 0.15) is 18.0 Å². The minimum Gasteiger partial charge on any atom is -0.497 e. The molecule has 11 heteroatoms. The Morgan fingerprint density at radius 2 is 1.45 bits per heavy atom. The van der Waals surface area contributed by atoms with Crippen LogP contribution in [0.2, 0.25) is 0 Å². The molecule has 3 N–H and O–H groups in total. The highest BCUT2D eigenvalue weighted by molar-refractivity contribution is 5.78. The van der Waals surface area contributed by atoms with Crippen molar-refractivity contribution in [1.82, 2.24) is 10.2 Å². The number of carbonyl (C=O) groups excluding carboxylic acids is 3. The van der Waals surface area contributed by atoms with Gasteiger partial charge in [0.15, 0.2) is 0 Å². The number of unbranched alkanes of at least 4 members (excludes halogenated alkanes) is 2. The lowest BCUT2D eigenvalue weighted by molar-refractivity contribution is -0.155. The molecule has 8 rings (SSSR count). The maximum absolute atomic E-state index is 14.0. The fourth-order valence-electron chi connectivity index (χ4n) is 15.3. The van der Waals surface area contributed by atoms with Gasteiger partial charge in [-0.15, -0.1) is 0 Å². The van der Waals surface area contributed by atoms with Gasteiger partial charge in [0.2, 0.25) is 5.91 Å². The number of hydrogen-bond donors (Lipinski definition) is 3. The number of nitrogens with one attached hydrogen (secondary N) is 1. The Hall–Kier alpha value is -5.16. The van der Waals surface area contributed by atoms with Crippen LogP contribution in [0.1, 0.15) is 160 Å². The number of likely N-dealkylation sites (tertiary alicyclic amines) is 1. The molecule has 0 spiro atoms. The van der Waals surface area contributed by atoms with Crippen molar-refractivity contribution < 1.29 is 43.6 Å². The number of carbonyl (C=O) groups is 4. The number of aliphatic hydroxyl groups excluding tert-OH is 1. The molecule has 1 saturated heterocycles. The van der Waals surface area contributed by atoms with E-state index >= 15 is 0 Å². The lowest BCUT2D eigenvalue weighted by Gasteiger charge is -2.58. The van der Waals surface area contributed by atoms with E-state index in [1.807, 2.05) is 84.9 Å². The van der Waals surface area contributed by atoms with Crippen molar-refractivity contribution in [3.05, 3.63) is 113 Å². The molecule has 0 radical (unpaired) electrons. The number of hydrogen-bond acceptors (Lipinski definition) is 8. The number of aliphatic carboxylic acids is 1. The fourth-order valence-corrected chi connectivity index (χ4v) is 15.3. The first-order valence-corrected chi connectivity index (χ1v) is 28.3. The number of fused-ring (bicyclic) bond motifs is 5. The molecule has 3 aromatic carbocycles. The van der Waals surface area contributed by atoms with E-state index in [-0.39, 0.29) is 49.5 Å². The lowest BCUT2D eigenvalue weighted by Crippen LogP contribution is -2.51. The second kappa shape index (κ2) is 24.2. The van der Waals surface area contributed by atoms with Crippen LogP contribution in [0.4, 0.5) is 4.79 Å². The Morgan fingerprint density at radius 3 is 2.11 bits per heavy atom. The topological polar surface area (TPSA) is 152 Å². The Bertz CT molecular complexity index is 2350. The molecular weight excluding hydrogens is 929 g/mol.